The van der Waals surface area contributed by atoms with E-state index in [0.29, 0.717) is 18.1 Å². The molecule has 2 unspecified atom stereocenters. The van der Waals surface area contributed by atoms with E-state index >= 15 is 0 Å². The molecule has 0 saturated carbocycles. The molecule has 1 aliphatic heterocycles. The Morgan fingerprint density at radius 2 is 1.83 bits per heavy atom. The van der Waals surface area contributed by atoms with Gasteiger partial charge in [0.05, 0.1) is 0 Å². The van der Waals surface area contributed by atoms with E-state index in [1.165, 1.54) is 11.6 Å². The average Bonchev–Trinajstić information content (AvgIpc) is 3.08. The molecule has 2 heterocycles. The van der Waals surface area contributed by atoms with Gasteiger partial charge in [-0.05, 0) is 49.1 Å². The maximum atomic E-state index is 12.7. The Balaban J connectivity index is 1.56. The molecule has 1 aliphatic rings. The zero-order valence-electron chi connectivity index (χ0n) is 17.1. The van der Waals surface area contributed by atoms with Gasteiger partial charge in [0.15, 0.2) is 0 Å². The van der Waals surface area contributed by atoms with Crippen LogP contribution in [-0.4, -0.2) is 21.1 Å². The second-order valence-corrected chi connectivity index (χ2v) is 9.48. The van der Waals surface area contributed by atoms with Gasteiger partial charge in [-0.25, -0.2) is 13.1 Å². The number of sulfonamides is 1. The van der Waals surface area contributed by atoms with Crippen molar-refractivity contribution in [2.45, 2.75) is 43.7 Å². The van der Waals surface area contributed by atoms with E-state index in [0.717, 1.165) is 23.3 Å². The molecule has 0 amide bonds. The van der Waals surface area contributed by atoms with Gasteiger partial charge in [0.25, 0.3) is 0 Å². The number of nitrogens with two attached hydrogens (primary N) is 1. The van der Waals surface area contributed by atoms with Crippen molar-refractivity contribution in [2.75, 3.05) is 6.61 Å². The lowest BCUT2D eigenvalue weighted by Gasteiger charge is -2.32. The molecular formula is C23H26N2O4S. The minimum Gasteiger partial charge on any atom is -0.492 e. The lowest BCUT2D eigenvalue weighted by Crippen LogP contribution is -2.39. The molecule has 1 aromatic heterocycles. The molecule has 3 aromatic rings. The summed E-state index contributed by atoms with van der Waals surface area (Å²) in [6.07, 6.45) is 0.807. The summed E-state index contributed by atoms with van der Waals surface area (Å²) in [7, 11) is -3.66. The van der Waals surface area contributed by atoms with Crippen LogP contribution in [0.4, 0.5) is 0 Å². The van der Waals surface area contributed by atoms with Crippen LogP contribution >= 0.6 is 0 Å². The van der Waals surface area contributed by atoms with E-state index < -0.39 is 10.0 Å². The zero-order chi connectivity index (χ0) is 21.3. The summed E-state index contributed by atoms with van der Waals surface area (Å²) in [6.45, 7) is 4.02. The van der Waals surface area contributed by atoms with Crippen molar-refractivity contribution in [2.24, 2.45) is 5.73 Å². The second kappa shape index (κ2) is 8.26. The van der Waals surface area contributed by atoms with Crippen molar-refractivity contribution < 1.29 is 17.6 Å². The van der Waals surface area contributed by atoms with Crippen molar-refractivity contribution in [3.63, 3.8) is 0 Å². The van der Waals surface area contributed by atoms with Crippen molar-refractivity contribution in [3.05, 3.63) is 82.8 Å². The fourth-order valence-corrected chi connectivity index (χ4v) is 5.18. The van der Waals surface area contributed by atoms with E-state index in [9.17, 15) is 8.42 Å². The van der Waals surface area contributed by atoms with Crippen LogP contribution in [0.25, 0.3) is 0 Å². The lowest BCUT2D eigenvalue weighted by atomic mass is 9.84. The van der Waals surface area contributed by atoms with Gasteiger partial charge in [0.2, 0.25) is 10.0 Å². The number of fused-ring (bicyclic) bond motifs is 1. The number of rotatable bonds is 6. The highest BCUT2D eigenvalue weighted by molar-refractivity contribution is 7.89. The first-order chi connectivity index (χ1) is 14.3. The highest BCUT2D eigenvalue weighted by atomic mass is 32.2. The Morgan fingerprint density at radius 1 is 1.07 bits per heavy atom. The van der Waals surface area contributed by atoms with Crippen LogP contribution in [0.5, 0.6) is 5.75 Å². The van der Waals surface area contributed by atoms with E-state index in [1.807, 2.05) is 36.4 Å². The van der Waals surface area contributed by atoms with E-state index in [2.05, 4.69) is 16.9 Å². The summed E-state index contributed by atoms with van der Waals surface area (Å²) in [6, 6.07) is 17.4. The van der Waals surface area contributed by atoms with Gasteiger partial charge in [-0.1, -0.05) is 42.5 Å². The summed E-state index contributed by atoms with van der Waals surface area (Å²) in [5, 5.41) is 0. The van der Waals surface area contributed by atoms with E-state index in [4.69, 9.17) is 14.9 Å². The molecule has 3 N–H and O–H groups in total. The van der Waals surface area contributed by atoms with Gasteiger partial charge in [-0.3, -0.25) is 0 Å². The van der Waals surface area contributed by atoms with Gasteiger partial charge < -0.3 is 14.9 Å². The largest absolute Gasteiger partial charge is 0.492 e. The lowest BCUT2D eigenvalue weighted by molar-refractivity contribution is 0.238. The minimum atomic E-state index is -3.66. The summed E-state index contributed by atoms with van der Waals surface area (Å²) in [5.74, 6) is 1.86. The Bertz CT molecular complexity index is 1140. The predicted octanol–water partition coefficient (Wildman–Crippen LogP) is 3.42. The Hall–Kier alpha value is -2.61. The number of ether oxygens (including phenoxy) is 1. The SMILES string of the molecule is Cc1cc(S(=O)(=O)NCc2ccc3c(c2)C(Cc2ccccc2)C(N)CO3)c(C)o1. The Morgan fingerprint density at radius 3 is 2.53 bits per heavy atom. The number of hydrogen-bond acceptors (Lipinski definition) is 5. The highest BCUT2D eigenvalue weighted by Gasteiger charge is 2.29. The number of benzene rings is 2. The molecule has 0 radical (unpaired) electrons. The molecule has 0 aliphatic carbocycles. The molecule has 0 saturated heterocycles. The molecule has 4 rings (SSSR count). The first kappa shape index (κ1) is 20.7. The van der Waals surface area contributed by atoms with Crippen LogP contribution in [0, 0.1) is 13.8 Å². The Labute approximate surface area is 177 Å². The monoisotopic (exact) mass is 426 g/mol. The quantitative estimate of drug-likeness (QED) is 0.630. The number of nitrogens with one attached hydrogen (secondary N) is 1. The third-order valence-electron chi connectivity index (χ3n) is 5.47. The summed E-state index contributed by atoms with van der Waals surface area (Å²) in [4.78, 5) is 0.172. The van der Waals surface area contributed by atoms with Gasteiger partial charge in [0.1, 0.15) is 28.8 Å². The maximum absolute atomic E-state index is 12.7. The highest BCUT2D eigenvalue weighted by Crippen LogP contribution is 2.36. The van der Waals surface area contributed by atoms with Crippen LogP contribution in [0.15, 0.2) is 63.9 Å². The molecule has 158 valence electrons. The van der Waals surface area contributed by atoms with Crippen molar-refractivity contribution in [1.29, 1.82) is 0 Å². The van der Waals surface area contributed by atoms with Crippen LogP contribution in [0.3, 0.4) is 0 Å². The zero-order valence-corrected chi connectivity index (χ0v) is 17.9. The molecule has 2 atom stereocenters. The average molecular weight is 427 g/mol. The third kappa shape index (κ3) is 4.28. The molecule has 0 bridgehead atoms. The first-order valence-corrected chi connectivity index (χ1v) is 11.4. The van der Waals surface area contributed by atoms with Gasteiger partial charge in [-0.15, -0.1) is 0 Å². The molecule has 7 heteroatoms. The van der Waals surface area contributed by atoms with Crippen molar-refractivity contribution in [3.8, 4) is 5.75 Å². The molecular weight excluding hydrogens is 400 g/mol. The topological polar surface area (TPSA) is 94.6 Å². The summed E-state index contributed by atoms with van der Waals surface area (Å²) in [5.41, 5.74) is 9.46. The van der Waals surface area contributed by atoms with E-state index in [-0.39, 0.29) is 23.4 Å². The van der Waals surface area contributed by atoms with Gasteiger partial charge >= 0.3 is 0 Å². The van der Waals surface area contributed by atoms with Gasteiger partial charge in [0, 0.05) is 18.5 Å². The molecule has 0 spiro atoms. The molecule has 30 heavy (non-hydrogen) atoms. The van der Waals surface area contributed by atoms with Crippen molar-refractivity contribution in [1.82, 2.24) is 4.72 Å². The predicted molar refractivity (Wildman–Crippen MR) is 115 cm³/mol. The number of aryl methyl sites for hydroxylation is 2. The smallest absolute Gasteiger partial charge is 0.244 e. The first-order valence-electron chi connectivity index (χ1n) is 9.95. The summed E-state index contributed by atoms with van der Waals surface area (Å²) < 4.78 is 39.2. The molecule has 2 aromatic carbocycles. The second-order valence-electron chi connectivity index (χ2n) is 7.75. The summed E-state index contributed by atoms with van der Waals surface area (Å²) >= 11 is 0. The third-order valence-corrected chi connectivity index (χ3v) is 6.98. The normalized spacial score (nSPS) is 18.6. The standard InChI is InChI=1S/C23H26N2O4S/c1-15-10-23(16(2)29-15)30(26,27)25-13-18-8-9-22-20(12-18)19(21(24)14-28-22)11-17-6-4-3-5-7-17/h3-10,12,19,21,25H,11,13-14,24H2,1-2H3. The van der Waals surface area contributed by atoms with E-state index in [1.54, 1.807) is 13.8 Å². The fourth-order valence-electron chi connectivity index (χ4n) is 3.92. The number of furan rings is 1. The molecule has 6 nitrogen and oxygen atoms in total. The minimum absolute atomic E-state index is 0.103. The number of hydrogen-bond donors (Lipinski definition) is 2. The fraction of sp³-hybridized carbons (Fsp3) is 0.304. The van der Waals surface area contributed by atoms with Gasteiger partial charge in [-0.2, -0.15) is 0 Å². The van der Waals surface area contributed by atoms with Crippen molar-refractivity contribution >= 4 is 10.0 Å². The molecule has 0 fully saturated rings. The maximum Gasteiger partial charge on any atom is 0.244 e. The van der Waals surface area contributed by atoms with Crippen LogP contribution in [-0.2, 0) is 23.0 Å². The van der Waals surface area contributed by atoms with Crippen LogP contribution < -0.4 is 15.2 Å². The Kier molecular flexibility index (Phi) is 5.69. The van der Waals surface area contributed by atoms with Crippen LogP contribution in [0.2, 0.25) is 0 Å². The van der Waals surface area contributed by atoms with Crippen LogP contribution in [0.1, 0.15) is 34.1 Å².